The molecule has 16 heavy (non-hydrogen) atoms. The van der Waals surface area contributed by atoms with Crippen molar-refractivity contribution < 1.29 is 4.79 Å². The van der Waals surface area contributed by atoms with Crippen molar-refractivity contribution in [2.75, 3.05) is 18.0 Å². The number of carbonyl (C=O) groups is 1. The average Bonchev–Trinajstić information content (AvgIpc) is 2.26. The normalized spacial score (nSPS) is 21.3. The highest BCUT2D eigenvalue weighted by atomic mass is 79.9. The van der Waals surface area contributed by atoms with Gasteiger partial charge in [0, 0.05) is 29.9 Å². The molecule has 1 aliphatic rings. The number of piperidine rings is 1. The van der Waals surface area contributed by atoms with E-state index in [2.05, 4.69) is 46.0 Å². The third-order valence-electron chi connectivity index (χ3n) is 3.11. The van der Waals surface area contributed by atoms with E-state index in [-0.39, 0.29) is 5.92 Å². The van der Waals surface area contributed by atoms with E-state index in [1.165, 1.54) is 11.3 Å². The maximum Gasteiger partial charge on any atom is 0.139 e. The molecular weight excluding hydrogens is 266 g/mol. The van der Waals surface area contributed by atoms with Gasteiger partial charge in [0.2, 0.25) is 0 Å². The van der Waals surface area contributed by atoms with Gasteiger partial charge in [0.25, 0.3) is 0 Å². The van der Waals surface area contributed by atoms with Gasteiger partial charge in [-0.25, -0.2) is 0 Å². The minimum atomic E-state index is 0.154. The van der Waals surface area contributed by atoms with Gasteiger partial charge < -0.3 is 4.90 Å². The summed E-state index contributed by atoms with van der Waals surface area (Å²) in [5, 5.41) is 0. The number of Topliss-reactive ketones (excluding diaryl/α,β-unsaturated/α-hetero) is 1. The third kappa shape index (κ3) is 2.29. The minimum absolute atomic E-state index is 0.154. The van der Waals surface area contributed by atoms with Gasteiger partial charge in [0.15, 0.2) is 0 Å². The van der Waals surface area contributed by atoms with Crippen LogP contribution in [-0.2, 0) is 4.79 Å². The van der Waals surface area contributed by atoms with E-state index < -0.39 is 0 Å². The molecule has 1 aromatic rings. The molecule has 0 amide bonds. The fourth-order valence-electron chi connectivity index (χ4n) is 2.10. The highest BCUT2D eigenvalue weighted by molar-refractivity contribution is 9.10. The van der Waals surface area contributed by atoms with Gasteiger partial charge in [-0.05, 0) is 40.5 Å². The zero-order chi connectivity index (χ0) is 11.7. The van der Waals surface area contributed by atoms with Crippen molar-refractivity contribution in [3.05, 3.63) is 28.2 Å². The maximum absolute atomic E-state index is 11.5. The van der Waals surface area contributed by atoms with Crippen molar-refractivity contribution in [1.82, 2.24) is 0 Å². The molecule has 1 unspecified atom stereocenters. The molecule has 1 atom stereocenters. The molecule has 1 heterocycles. The second-order valence-electron chi connectivity index (χ2n) is 4.52. The standard InChI is InChI=1S/C13H16BrNO/c1-9-3-4-11(14)12(7-9)15-6-5-13(16)10(2)8-15/h3-4,7,10H,5-6,8H2,1-2H3. The first kappa shape index (κ1) is 11.6. The molecule has 0 aliphatic carbocycles. The number of rotatable bonds is 1. The predicted octanol–water partition coefficient (Wildman–Crippen LogP) is 3.17. The zero-order valence-electron chi connectivity index (χ0n) is 9.66. The van der Waals surface area contributed by atoms with Crippen molar-refractivity contribution in [2.45, 2.75) is 20.3 Å². The lowest BCUT2D eigenvalue weighted by Gasteiger charge is -2.32. The lowest BCUT2D eigenvalue weighted by molar-refractivity contribution is -0.122. The van der Waals surface area contributed by atoms with E-state index in [0.29, 0.717) is 12.2 Å². The summed E-state index contributed by atoms with van der Waals surface area (Å²) in [6.45, 7) is 5.78. The Labute approximate surface area is 105 Å². The van der Waals surface area contributed by atoms with E-state index in [9.17, 15) is 4.79 Å². The Morgan fingerprint density at radius 2 is 2.19 bits per heavy atom. The molecule has 3 heteroatoms. The molecule has 1 saturated heterocycles. The SMILES string of the molecule is Cc1ccc(Br)c(N2CCC(=O)C(C)C2)c1. The molecule has 0 N–H and O–H groups in total. The van der Waals surface area contributed by atoms with Crippen LogP contribution in [0.3, 0.4) is 0 Å². The van der Waals surface area contributed by atoms with Gasteiger partial charge >= 0.3 is 0 Å². The van der Waals surface area contributed by atoms with Crippen molar-refractivity contribution in [3.8, 4) is 0 Å². The molecular formula is C13H16BrNO. The monoisotopic (exact) mass is 281 g/mol. The Hall–Kier alpha value is -0.830. The van der Waals surface area contributed by atoms with Crippen LogP contribution in [0.15, 0.2) is 22.7 Å². The van der Waals surface area contributed by atoms with Crippen molar-refractivity contribution in [3.63, 3.8) is 0 Å². The summed E-state index contributed by atoms with van der Waals surface area (Å²) in [6, 6.07) is 6.34. The Morgan fingerprint density at radius 1 is 1.44 bits per heavy atom. The van der Waals surface area contributed by atoms with E-state index in [4.69, 9.17) is 0 Å². The number of aryl methyl sites for hydroxylation is 1. The summed E-state index contributed by atoms with van der Waals surface area (Å²) >= 11 is 3.57. The molecule has 0 radical (unpaired) electrons. The second kappa shape index (κ2) is 4.58. The summed E-state index contributed by atoms with van der Waals surface area (Å²) in [6.07, 6.45) is 0.668. The minimum Gasteiger partial charge on any atom is -0.369 e. The van der Waals surface area contributed by atoms with Gasteiger partial charge in [0.05, 0.1) is 5.69 Å². The van der Waals surface area contributed by atoms with E-state index in [1.807, 2.05) is 6.92 Å². The molecule has 2 nitrogen and oxygen atoms in total. The topological polar surface area (TPSA) is 20.3 Å². The molecule has 1 fully saturated rings. The van der Waals surface area contributed by atoms with E-state index in [0.717, 1.165) is 17.6 Å². The fourth-order valence-corrected chi connectivity index (χ4v) is 2.60. The predicted molar refractivity (Wildman–Crippen MR) is 69.9 cm³/mol. The zero-order valence-corrected chi connectivity index (χ0v) is 11.3. The number of anilines is 1. The molecule has 0 aromatic heterocycles. The Kier molecular flexibility index (Phi) is 3.33. The fraction of sp³-hybridized carbons (Fsp3) is 0.462. The van der Waals surface area contributed by atoms with Crippen LogP contribution in [0.4, 0.5) is 5.69 Å². The highest BCUT2D eigenvalue weighted by Crippen LogP contribution is 2.29. The van der Waals surface area contributed by atoms with Crippen LogP contribution >= 0.6 is 15.9 Å². The molecule has 1 aliphatic heterocycles. The van der Waals surface area contributed by atoms with Gasteiger partial charge in [-0.15, -0.1) is 0 Å². The van der Waals surface area contributed by atoms with Crippen LogP contribution in [0.1, 0.15) is 18.9 Å². The summed E-state index contributed by atoms with van der Waals surface area (Å²) in [5.41, 5.74) is 2.46. The number of nitrogens with zero attached hydrogens (tertiary/aromatic N) is 1. The van der Waals surface area contributed by atoms with Crippen LogP contribution in [0.25, 0.3) is 0 Å². The molecule has 0 bridgehead atoms. The third-order valence-corrected chi connectivity index (χ3v) is 3.78. The Bertz CT molecular complexity index is 416. The largest absolute Gasteiger partial charge is 0.369 e. The van der Waals surface area contributed by atoms with Crippen LogP contribution in [0, 0.1) is 12.8 Å². The molecule has 0 saturated carbocycles. The quantitative estimate of drug-likeness (QED) is 0.788. The lowest BCUT2D eigenvalue weighted by atomic mass is 9.98. The Balaban J connectivity index is 2.24. The first-order valence-corrected chi connectivity index (χ1v) is 6.41. The molecule has 2 rings (SSSR count). The lowest BCUT2D eigenvalue weighted by Crippen LogP contribution is -2.39. The van der Waals surface area contributed by atoms with Crippen molar-refractivity contribution in [2.24, 2.45) is 5.92 Å². The first-order valence-electron chi connectivity index (χ1n) is 5.62. The number of benzene rings is 1. The van der Waals surface area contributed by atoms with Gasteiger partial charge in [-0.2, -0.15) is 0 Å². The van der Waals surface area contributed by atoms with Crippen LogP contribution < -0.4 is 4.90 Å². The van der Waals surface area contributed by atoms with Gasteiger partial charge in [0.1, 0.15) is 5.78 Å². The Morgan fingerprint density at radius 3 is 2.88 bits per heavy atom. The van der Waals surface area contributed by atoms with Crippen molar-refractivity contribution in [1.29, 1.82) is 0 Å². The van der Waals surface area contributed by atoms with Crippen LogP contribution in [0.2, 0.25) is 0 Å². The maximum atomic E-state index is 11.5. The molecule has 0 spiro atoms. The number of ketones is 1. The van der Waals surface area contributed by atoms with E-state index >= 15 is 0 Å². The molecule has 1 aromatic carbocycles. The number of halogens is 1. The summed E-state index contributed by atoms with van der Waals surface area (Å²) in [4.78, 5) is 13.8. The summed E-state index contributed by atoms with van der Waals surface area (Å²) in [5.74, 6) is 0.543. The highest BCUT2D eigenvalue weighted by Gasteiger charge is 2.24. The first-order chi connectivity index (χ1) is 7.58. The number of hydrogen-bond donors (Lipinski definition) is 0. The van der Waals surface area contributed by atoms with Crippen molar-refractivity contribution >= 4 is 27.4 Å². The average molecular weight is 282 g/mol. The van der Waals surface area contributed by atoms with Crippen LogP contribution in [0.5, 0.6) is 0 Å². The summed E-state index contributed by atoms with van der Waals surface area (Å²) < 4.78 is 1.11. The van der Waals surface area contributed by atoms with Gasteiger partial charge in [-0.1, -0.05) is 13.0 Å². The summed E-state index contributed by atoms with van der Waals surface area (Å²) in [7, 11) is 0. The number of hydrogen-bond acceptors (Lipinski definition) is 2. The second-order valence-corrected chi connectivity index (χ2v) is 5.37. The van der Waals surface area contributed by atoms with Crippen LogP contribution in [-0.4, -0.2) is 18.9 Å². The van der Waals surface area contributed by atoms with E-state index in [1.54, 1.807) is 0 Å². The van der Waals surface area contributed by atoms with Gasteiger partial charge in [-0.3, -0.25) is 4.79 Å². The smallest absolute Gasteiger partial charge is 0.139 e. The number of carbonyl (C=O) groups excluding carboxylic acids is 1. The molecule has 86 valence electrons.